The van der Waals surface area contributed by atoms with E-state index in [1.54, 1.807) is 13.8 Å². The van der Waals surface area contributed by atoms with E-state index < -0.39 is 24.0 Å². The van der Waals surface area contributed by atoms with Crippen LogP contribution in [0.4, 0.5) is 10.5 Å². The molecular formula is C15H22N2O3. The predicted octanol–water partition coefficient (Wildman–Crippen LogP) is 3.04. The lowest BCUT2D eigenvalue weighted by molar-refractivity contribution is -0.141. The second-order valence-electron chi connectivity index (χ2n) is 5.29. The van der Waals surface area contributed by atoms with Crippen LogP contribution in [0.1, 0.15) is 39.2 Å². The molecule has 3 N–H and O–H groups in total. The van der Waals surface area contributed by atoms with Crippen molar-refractivity contribution < 1.29 is 14.7 Å². The molecule has 0 aromatic heterocycles. The normalized spacial score (nSPS) is 13.7. The van der Waals surface area contributed by atoms with E-state index in [1.807, 2.05) is 24.3 Å². The maximum absolute atomic E-state index is 11.8. The summed E-state index contributed by atoms with van der Waals surface area (Å²) in [5.41, 5.74) is 1.88. The van der Waals surface area contributed by atoms with Crippen molar-refractivity contribution in [3.63, 3.8) is 0 Å². The van der Waals surface area contributed by atoms with Crippen molar-refractivity contribution in [3.05, 3.63) is 29.8 Å². The minimum atomic E-state index is -0.931. The van der Waals surface area contributed by atoms with E-state index in [4.69, 9.17) is 5.11 Å². The zero-order chi connectivity index (χ0) is 15.3. The molecule has 1 aromatic carbocycles. The number of benzene rings is 1. The lowest BCUT2D eigenvalue weighted by Crippen LogP contribution is -2.42. The molecule has 1 rings (SSSR count). The summed E-state index contributed by atoms with van der Waals surface area (Å²) in [5, 5.41) is 14.2. The van der Waals surface area contributed by atoms with Crippen molar-refractivity contribution in [3.8, 4) is 0 Å². The van der Waals surface area contributed by atoms with Crippen molar-refractivity contribution >= 4 is 17.7 Å². The summed E-state index contributed by atoms with van der Waals surface area (Å²) in [4.78, 5) is 22.6. The van der Waals surface area contributed by atoms with Gasteiger partial charge in [-0.2, -0.15) is 0 Å². The van der Waals surface area contributed by atoms with E-state index in [9.17, 15) is 9.59 Å². The number of amides is 2. The third-order valence-corrected chi connectivity index (χ3v) is 3.33. The SMILES string of the molecule is CC(C)c1ccc(NC(=O)NC(C)C(C)C(=O)O)cc1. The van der Waals surface area contributed by atoms with Gasteiger partial charge in [0.2, 0.25) is 0 Å². The van der Waals surface area contributed by atoms with Crippen molar-refractivity contribution in [2.45, 2.75) is 39.7 Å². The largest absolute Gasteiger partial charge is 0.481 e. The van der Waals surface area contributed by atoms with E-state index in [0.29, 0.717) is 11.6 Å². The molecule has 20 heavy (non-hydrogen) atoms. The Morgan fingerprint density at radius 1 is 1.05 bits per heavy atom. The molecule has 110 valence electrons. The maximum Gasteiger partial charge on any atom is 0.319 e. The Labute approximate surface area is 119 Å². The van der Waals surface area contributed by atoms with Crippen LogP contribution in [-0.4, -0.2) is 23.1 Å². The van der Waals surface area contributed by atoms with E-state index in [-0.39, 0.29) is 0 Å². The number of carboxylic acid groups (broad SMARTS) is 1. The number of rotatable bonds is 5. The summed E-state index contributed by atoms with van der Waals surface area (Å²) in [7, 11) is 0. The van der Waals surface area contributed by atoms with Crippen LogP contribution < -0.4 is 10.6 Å². The molecule has 0 saturated carbocycles. The molecule has 2 amide bonds. The van der Waals surface area contributed by atoms with E-state index in [2.05, 4.69) is 24.5 Å². The average molecular weight is 278 g/mol. The number of aliphatic carboxylic acids is 1. The summed E-state index contributed by atoms with van der Waals surface area (Å²) in [5.74, 6) is -1.13. The summed E-state index contributed by atoms with van der Waals surface area (Å²) < 4.78 is 0. The van der Waals surface area contributed by atoms with Crippen LogP contribution in [0.3, 0.4) is 0 Å². The first-order valence-electron chi connectivity index (χ1n) is 6.71. The van der Waals surface area contributed by atoms with Gasteiger partial charge in [-0.15, -0.1) is 0 Å². The first kappa shape index (κ1) is 16.0. The van der Waals surface area contributed by atoms with Crippen LogP contribution in [0.2, 0.25) is 0 Å². The Kier molecular flexibility index (Phi) is 5.55. The van der Waals surface area contributed by atoms with Gasteiger partial charge in [0.15, 0.2) is 0 Å². The van der Waals surface area contributed by atoms with Crippen molar-refractivity contribution in [1.82, 2.24) is 5.32 Å². The fraction of sp³-hybridized carbons (Fsp3) is 0.467. The zero-order valence-corrected chi connectivity index (χ0v) is 12.3. The number of carboxylic acids is 1. The number of urea groups is 1. The predicted molar refractivity (Wildman–Crippen MR) is 78.9 cm³/mol. The quantitative estimate of drug-likeness (QED) is 0.774. The lowest BCUT2D eigenvalue weighted by atomic mass is 10.0. The molecule has 0 radical (unpaired) electrons. The third-order valence-electron chi connectivity index (χ3n) is 3.33. The third kappa shape index (κ3) is 4.57. The molecule has 5 nitrogen and oxygen atoms in total. The molecule has 0 aliphatic heterocycles. The van der Waals surface area contributed by atoms with Crippen LogP contribution in [0, 0.1) is 5.92 Å². The van der Waals surface area contributed by atoms with Gasteiger partial charge in [-0.25, -0.2) is 4.79 Å². The molecule has 0 aliphatic carbocycles. The van der Waals surface area contributed by atoms with Gasteiger partial charge in [0.1, 0.15) is 0 Å². The fourth-order valence-corrected chi connectivity index (χ4v) is 1.66. The highest BCUT2D eigenvalue weighted by Gasteiger charge is 2.20. The molecule has 0 spiro atoms. The number of carbonyl (C=O) groups is 2. The number of carbonyl (C=O) groups excluding carboxylic acids is 1. The van der Waals surface area contributed by atoms with E-state index >= 15 is 0 Å². The average Bonchev–Trinajstić information content (AvgIpc) is 2.37. The van der Waals surface area contributed by atoms with E-state index in [1.165, 1.54) is 5.56 Å². The Bertz CT molecular complexity index is 469. The Morgan fingerprint density at radius 3 is 2.05 bits per heavy atom. The van der Waals surface area contributed by atoms with Gasteiger partial charge in [0.05, 0.1) is 5.92 Å². The second kappa shape index (κ2) is 6.93. The summed E-state index contributed by atoms with van der Waals surface area (Å²) in [6, 6.07) is 6.75. The van der Waals surface area contributed by atoms with Gasteiger partial charge in [0.25, 0.3) is 0 Å². The van der Waals surface area contributed by atoms with Crippen LogP contribution in [0.5, 0.6) is 0 Å². The van der Waals surface area contributed by atoms with Gasteiger partial charge in [-0.05, 0) is 37.5 Å². The zero-order valence-electron chi connectivity index (χ0n) is 12.3. The highest BCUT2D eigenvalue weighted by Crippen LogP contribution is 2.17. The van der Waals surface area contributed by atoms with Crippen LogP contribution in [0.15, 0.2) is 24.3 Å². The molecule has 0 heterocycles. The molecule has 0 bridgehead atoms. The summed E-state index contributed by atoms with van der Waals surface area (Å²) in [6.07, 6.45) is 0. The van der Waals surface area contributed by atoms with Gasteiger partial charge in [-0.1, -0.05) is 26.0 Å². The standard InChI is InChI=1S/C15H22N2O3/c1-9(2)12-5-7-13(8-6-12)17-15(20)16-11(4)10(3)14(18)19/h5-11H,1-4H3,(H,18,19)(H2,16,17,20). The smallest absolute Gasteiger partial charge is 0.319 e. The maximum atomic E-state index is 11.8. The van der Waals surface area contributed by atoms with Crippen molar-refractivity contribution in [2.75, 3.05) is 5.32 Å². The first-order valence-corrected chi connectivity index (χ1v) is 6.71. The Balaban J connectivity index is 2.56. The summed E-state index contributed by atoms with van der Waals surface area (Å²) >= 11 is 0. The van der Waals surface area contributed by atoms with Gasteiger partial charge < -0.3 is 15.7 Å². The van der Waals surface area contributed by atoms with Gasteiger partial charge in [0, 0.05) is 11.7 Å². The number of hydrogen-bond acceptors (Lipinski definition) is 2. The first-order chi connectivity index (χ1) is 9.31. The Morgan fingerprint density at radius 2 is 1.60 bits per heavy atom. The molecule has 1 aromatic rings. The topological polar surface area (TPSA) is 78.4 Å². The molecule has 0 aliphatic rings. The minimum Gasteiger partial charge on any atom is -0.481 e. The molecule has 5 heteroatoms. The minimum absolute atomic E-state index is 0.400. The molecule has 0 saturated heterocycles. The van der Waals surface area contributed by atoms with Crippen molar-refractivity contribution in [1.29, 1.82) is 0 Å². The Hall–Kier alpha value is -2.04. The number of anilines is 1. The molecular weight excluding hydrogens is 256 g/mol. The van der Waals surface area contributed by atoms with Crippen LogP contribution >= 0.6 is 0 Å². The van der Waals surface area contributed by atoms with Crippen molar-refractivity contribution in [2.24, 2.45) is 5.92 Å². The van der Waals surface area contributed by atoms with Crippen LogP contribution in [-0.2, 0) is 4.79 Å². The van der Waals surface area contributed by atoms with E-state index in [0.717, 1.165) is 0 Å². The van der Waals surface area contributed by atoms with Gasteiger partial charge >= 0.3 is 12.0 Å². The lowest BCUT2D eigenvalue weighted by Gasteiger charge is -2.18. The number of nitrogens with one attached hydrogen (secondary N) is 2. The second-order valence-corrected chi connectivity index (χ2v) is 5.29. The molecule has 2 unspecified atom stereocenters. The monoisotopic (exact) mass is 278 g/mol. The number of hydrogen-bond donors (Lipinski definition) is 3. The summed E-state index contributed by atoms with van der Waals surface area (Å²) in [6.45, 7) is 7.43. The van der Waals surface area contributed by atoms with Gasteiger partial charge in [-0.3, -0.25) is 4.79 Å². The molecule has 2 atom stereocenters. The molecule has 0 fully saturated rings. The highest BCUT2D eigenvalue weighted by atomic mass is 16.4. The fourth-order valence-electron chi connectivity index (χ4n) is 1.66. The highest BCUT2D eigenvalue weighted by molar-refractivity contribution is 5.89. The van der Waals surface area contributed by atoms with Crippen LogP contribution in [0.25, 0.3) is 0 Å².